The summed E-state index contributed by atoms with van der Waals surface area (Å²) in [4.78, 5) is 49.8. The van der Waals surface area contributed by atoms with Gasteiger partial charge in [0.1, 0.15) is 11.8 Å². The lowest BCUT2D eigenvalue weighted by Gasteiger charge is -2.22. The second-order valence-electron chi connectivity index (χ2n) is 8.39. The van der Waals surface area contributed by atoms with Crippen LogP contribution in [0.4, 0.5) is 0 Å². The standard InChI is InChI=1S/C27H29N3O6S/c1-17(2)26(30-24(32)12-20-11-19(14-28)9-10-23(20)36-3)27(35)29-21(13-25(33)34)22(31)16-37-15-18-7-5-4-6-8-18/h4-11,13,17,26H,12,15-16H2,1-3H3,(H,29,35)(H,30,32)(H,33,34)/b21-13+/t26-/m0/s1. The van der Waals surface area contributed by atoms with Crippen molar-refractivity contribution in [2.24, 2.45) is 5.92 Å². The zero-order valence-electron chi connectivity index (χ0n) is 20.8. The van der Waals surface area contributed by atoms with E-state index in [0.717, 1.165) is 5.56 Å². The molecular weight excluding hydrogens is 494 g/mol. The summed E-state index contributed by atoms with van der Waals surface area (Å²) in [5, 5.41) is 23.4. The van der Waals surface area contributed by atoms with Crippen molar-refractivity contribution in [3.63, 3.8) is 0 Å². The number of methoxy groups -OCH3 is 1. The number of thioether (sulfide) groups is 1. The van der Waals surface area contributed by atoms with Crippen LogP contribution in [0.15, 0.2) is 60.3 Å². The van der Waals surface area contributed by atoms with E-state index in [1.165, 1.54) is 24.9 Å². The van der Waals surface area contributed by atoms with Crippen molar-refractivity contribution in [1.29, 1.82) is 5.26 Å². The second kappa shape index (κ2) is 14.5. The maximum absolute atomic E-state index is 13.0. The summed E-state index contributed by atoms with van der Waals surface area (Å²) in [7, 11) is 1.44. The van der Waals surface area contributed by atoms with Crippen molar-refractivity contribution in [2.45, 2.75) is 32.1 Å². The summed E-state index contributed by atoms with van der Waals surface area (Å²) in [6.07, 6.45) is 0.503. The van der Waals surface area contributed by atoms with Crippen LogP contribution in [0.3, 0.4) is 0 Å². The summed E-state index contributed by atoms with van der Waals surface area (Å²) in [5.41, 5.74) is 1.47. The van der Waals surface area contributed by atoms with E-state index in [0.29, 0.717) is 28.7 Å². The molecule has 0 fully saturated rings. The minimum Gasteiger partial charge on any atom is -0.496 e. The predicted octanol–water partition coefficient (Wildman–Crippen LogP) is 2.84. The molecule has 0 saturated heterocycles. The highest BCUT2D eigenvalue weighted by atomic mass is 32.2. The number of nitrogens with zero attached hydrogens (tertiary/aromatic N) is 1. The molecule has 0 radical (unpaired) electrons. The van der Waals surface area contributed by atoms with Crippen molar-refractivity contribution < 1.29 is 29.0 Å². The van der Waals surface area contributed by atoms with E-state index in [2.05, 4.69) is 10.6 Å². The highest BCUT2D eigenvalue weighted by Gasteiger charge is 2.27. The fraction of sp³-hybridized carbons (Fsp3) is 0.296. The third kappa shape index (κ3) is 9.46. The van der Waals surface area contributed by atoms with Gasteiger partial charge in [0, 0.05) is 11.3 Å². The van der Waals surface area contributed by atoms with Crippen LogP contribution in [-0.4, -0.2) is 47.6 Å². The first-order valence-electron chi connectivity index (χ1n) is 11.4. The van der Waals surface area contributed by atoms with Gasteiger partial charge in [-0.1, -0.05) is 44.2 Å². The predicted molar refractivity (Wildman–Crippen MR) is 140 cm³/mol. The first kappa shape index (κ1) is 29.1. The third-order valence-electron chi connectivity index (χ3n) is 5.20. The van der Waals surface area contributed by atoms with Crippen molar-refractivity contribution in [3.8, 4) is 11.8 Å². The monoisotopic (exact) mass is 523 g/mol. The fourth-order valence-electron chi connectivity index (χ4n) is 3.35. The highest BCUT2D eigenvalue weighted by molar-refractivity contribution is 7.99. The van der Waals surface area contributed by atoms with E-state index in [1.807, 2.05) is 36.4 Å². The quantitative estimate of drug-likeness (QED) is 0.340. The third-order valence-corrected chi connectivity index (χ3v) is 6.20. The van der Waals surface area contributed by atoms with Gasteiger partial charge in [0.05, 0.1) is 42.7 Å². The minimum absolute atomic E-state index is 0.0397. The molecule has 0 unspecified atom stereocenters. The van der Waals surface area contributed by atoms with Crippen LogP contribution < -0.4 is 15.4 Å². The van der Waals surface area contributed by atoms with E-state index in [9.17, 15) is 24.3 Å². The van der Waals surface area contributed by atoms with Gasteiger partial charge >= 0.3 is 5.97 Å². The highest BCUT2D eigenvalue weighted by Crippen LogP contribution is 2.20. The minimum atomic E-state index is -1.38. The van der Waals surface area contributed by atoms with E-state index < -0.39 is 29.6 Å². The molecule has 3 N–H and O–H groups in total. The van der Waals surface area contributed by atoms with Crippen molar-refractivity contribution in [1.82, 2.24) is 10.6 Å². The number of nitrogens with one attached hydrogen (secondary N) is 2. The van der Waals surface area contributed by atoms with Gasteiger partial charge in [-0.25, -0.2) is 4.79 Å². The number of ketones is 1. The van der Waals surface area contributed by atoms with Gasteiger partial charge < -0.3 is 20.5 Å². The average molecular weight is 524 g/mol. The first-order valence-corrected chi connectivity index (χ1v) is 12.6. The SMILES string of the molecule is COc1ccc(C#N)cc1CC(=O)N[C@H](C(=O)N/C(=C/C(=O)O)C(=O)CSCc1ccccc1)C(C)C. The summed E-state index contributed by atoms with van der Waals surface area (Å²) >= 11 is 1.29. The number of carbonyl (C=O) groups excluding carboxylic acids is 3. The van der Waals surface area contributed by atoms with Crippen LogP contribution in [0, 0.1) is 17.2 Å². The van der Waals surface area contributed by atoms with E-state index >= 15 is 0 Å². The lowest BCUT2D eigenvalue weighted by atomic mass is 10.0. The molecule has 0 aliphatic heterocycles. The number of carbonyl (C=O) groups is 4. The Balaban J connectivity index is 2.08. The van der Waals surface area contributed by atoms with Crippen molar-refractivity contribution in [2.75, 3.05) is 12.9 Å². The molecule has 0 aromatic heterocycles. The Morgan fingerprint density at radius 2 is 1.84 bits per heavy atom. The Hall–Kier alpha value is -4.10. The molecule has 37 heavy (non-hydrogen) atoms. The summed E-state index contributed by atoms with van der Waals surface area (Å²) in [5.74, 6) is -2.60. The maximum atomic E-state index is 13.0. The summed E-state index contributed by atoms with van der Waals surface area (Å²) < 4.78 is 5.25. The molecule has 9 nitrogen and oxygen atoms in total. The molecule has 0 spiro atoms. The van der Waals surface area contributed by atoms with Gasteiger partial charge in [-0.05, 0) is 29.7 Å². The second-order valence-corrected chi connectivity index (χ2v) is 9.38. The molecule has 0 heterocycles. The van der Waals surface area contributed by atoms with Gasteiger partial charge in [-0.3, -0.25) is 14.4 Å². The molecule has 2 aromatic rings. The van der Waals surface area contributed by atoms with Gasteiger partial charge in [0.2, 0.25) is 11.8 Å². The Kier molecular flexibility index (Phi) is 11.4. The normalized spacial score (nSPS) is 11.8. The largest absolute Gasteiger partial charge is 0.496 e. The zero-order valence-corrected chi connectivity index (χ0v) is 21.6. The molecule has 2 amide bonds. The van der Waals surface area contributed by atoms with Crippen molar-refractivity contribution in [3.05, 3.63) is 77.0 Å². The number of Topliss-reactive ketones (excluding diaryl/α,β-unsaturated/α-hetero) is 1. The number of benzene rings is 2. The summed E-state index contributed by atoms with van der Waals surface area (Å²) in [6, 6.07) is 15.1. The van der Waals surface area contributed by atoms with Crippen LogP contribution in [-0.2, 0) is 31.4 Å². The van der Waals surface area contributed by atoms with Gasteiger partial charge in [-0.2, -0.15) is 5.26 Å². The molecule has 0 aliphatic rings. The molecule has 10 heteroatoms. The molecule has 2 aromatic carbocycles. The van der Waals surface area contributed by atoms with E-state index in [1.54, 1.807) is 26.0 Å². The van der Waals surface area contributed by atoms with Crippen LogP contribution in [0.2, 0.25) is 0 Å². The maximum Gasteiger partial charge on any atom is 0.330 e. The van der Waals surface area contributed by atoms with Gasteiger partial charge in [0.15, 0.2) is 5.78 Å². The van der Waals surface area contributed by atoms with Crippen LogP contribution in [0.1, 0.15) is 30.5 Å². The number of hydrogen-bond donors (Lipinski definition) is 3. The van der Waals surface area contributed by atoms with Gasteiger partial charge in [0.25, 0.3) is 0 Å². The lowest BCUT2D eigenvalue weighted by molar-refractivity contribution is -0.132. The number of nitriles is 1. The number of aliphatic carboxylic acids is 1. The number of allylic oxidation sites excluding steroid dienone is 1. The topological polar surface area (TPSA) is 146 Å². The van der Waals surface area contributed by atoms with E-state index in [4.69, 9.17) is 10.00 Å². The van der Waals surface area contributed by atoms with Crippen LogP contribution in [0.5, 0.6) is 5.75 Å². The Morgan fingerprint density at radius 1 is 1.14 bits per heavy atom. The Bertz CT molecular complexity index is 1200. The summed E-state index contributed by atoms with van der Waals surface area (Å²) in [6.45, 7) is 3.42. The van der Waals surface area contributed by atoms with E-state index in [-0.39, 0.29) is 23.8 Å². The lowest BCUT2D eigenvalue weighted by Crippen LogP contribution is -2.50. The average Bonchev–Trinajstić information content (AvgIpc) is 2.86. The number of hydrogen-bond acceptors (Lipinski definition) is 7. The molecule has 2 rings (SSSR count). The van der Waals surface area contributed by atoms with Crippen LogP contribution in [0.25, 0.3) is 0 Å². The molecule has 0 saturated carbocycles. The Labute approximate surface area is 219 Å². The van der Waals surface area contributed by atoms with Crippen molar-refractivity contribution >= 4 is 35.3 Å². The van der Waals surface area contributed by atoms with Gasteiger partial charge in [-0.15, -0.1) is 11.8 Å². The molecule has 0 bridgehead atoms. The number of amides is 2. The van der Waals surface area contributed by atoms with Crippen LogP contribution >= 0.6 is 11.8 Å². The number of carboxylic acids is 1. The smallest absolute Gasteiger partial charge is 0.330 e. The zero-order chi connectivity index (χ0) is 27.4. The number of carboxylic acid groups (broad SMARTS) is 1. The molecule has 194 valence electrons. The molecule has 0 aliphatic carbocycles. The first-order chi connectivity index (χ1) is 17.6. The fourth-order valence-corrected chi connectivity index (χ4v) is 4.22. The number of ether oxygens (including phenoxy) is 1. The molecule has 1 atom stereocenters. The Morgan fingerprint density at radius 3 is 2.43 bits per heavy atom. The molecular formula is C27H29N3O6S. The number of rotatable bonds is 13.